The van der Waals surface area contributed by atoms with Gasteiger partial charge >= 0.3 is 5.97 Å². The smallest absolute Gasteiger partial charge is 0.321 e. The van der Waals surface area contributed by atoms with Crippen molar-refractivity contribution in [1.29, 1.82) is 0 Å². The summed E-state index contributed by atoms with van der Waals surface area (Å²) in [6, 6.07) is 5.72. The Morgan fingerprint density at radius 3 is 2.72 bits per heavy atom. The molecule has 2 aromatic rings. The standard InChI is InChI=1S/C11H12N2O4S/c1-7(11(14)15)13-18(16,17)10-6-12-9-5-3-2-4-8(9)10/h2-7,12-13H,1H3,(H,14,15). The van der Waals surface area contributed by atoms with E-state index in [0.29, 0.717) is 10.9 Å². The zero-order valence-electron chi connectivity index (χ0n) is 9.54. The molecule has 1 aromatic heterocycles. The molecule has 0 spiro atoms. The van der Waals surface area contributed by atoms with Gasteiger partial charge in [0.1, 0.15) is 10.9 Å². The molecule has 0 aliphatic carbocycles. The predicted octanol–water partition coefficient (Wildman–Crippen LogP) is 0.919. The summed E-state index contributed by atoms with van der Waals surface area (Å²) in [6.07, 6.45) is 1.35. The number of hydrogen-bond acceptors (Lipinski definition) is 3. The molecule has 0 bridgehead atoms. The van der Waals surface area contributed by atoms with Crippen LogP contribution in [-0.4, -0.2) is 30.5 Å². The zero-order valence-corrected chi connectivity index (χ0v) is 10.4. The lowest BCUT2D eigenvalue weighted by molar-refractivity contribution is -0.138. The Labute approximate surface area is 104 Å². The van der Waals surface area contributed by atoms with E-state index in [1.807, 2.05) is 0 Å². The van der Waals surface area contributed by atoms with E-state index in [9.17, 15) is 13.2 Å². The second-order valence-corrected chi connectivity index (χ2v) is 5.56. The van der Waals surface area contributed by atoms with Crippen molar-refractivity contribution in [3.63, 3.8) is 0 Å². The van der Waals surface area contributed by atoms with Crippen LogP contribution in [0.1, 0.15) is 6.92 Å². The van der Waals surface area contributed by atoms with Crippen molar-refractivity contribution in [1.82, 2.24) is 9.71 Å². The molecule has 2 rings (SSSR count). The molecule has 0 fully saturated rings. The average molecular weight is 268 g/mol. The van der Waals surface area contributed by atoms with E-state index in [4.69, 9.17) is 5.11 Å². The lowest BCUT2D eigenvalue weighted by Crippen LogP contribution is -2.38. The second-order valence-electron chi connectivity index (χ2n) is 3.88. The third-order valence-electron chi connectivity index (χ3n) is 2.54. The topological polar surface area (TPSA) is 99.3 Å². The minimum Gasteiger partial charge on any atom is -0.480 e. The van der Waals surface area contributed by atoms with Crippen molar-refractivity contribution < 1.29 is 18.3 Å². The van der Waals surface area contributed by atoms with Crippen molar-refractivity contribution in [2.24, 2.45) is 0 Å². The van der Waals surface area contributed by atoms with Crippen molar-refractivity contribution in [2.45, 2.75) is 17.9 Å². The highest BCUT2D eigenvalue weighted by atomic mass is 32.2. The fraction of sp³-hybridized carbons (Fsp3) is 0.182. The summed E-state index contributed by atoms with van der Waals surface area (Å²) in [5.41, 5.74) is 0.681. The van der Waals surface area contributed by atoms with Crippen LogP contribution in [0.25, 0.3) is 10.9 Å². The molecular weight excluding hydrogens is 256 g/mol. The van der Waals surface area contributed by atoms with Gasteiger partial charge in [-0.1, -0.05) is 18.2 Å². The van der Waals surface area contributed by atoms with Crippen molar-refractivity contribution in [2.75, 3.05) is 0 Å². The number of rotatable bonds is 4. The van der Waals surface area contributed by atoms with Gasteiger partial charge in [-0.05, 0) is 13.0 Å². The summed E-state index contributed by atoms with van der Waals surface area (Å²) in [5.74, 6) is -1.22. The lowest BCUT2D eigenvalue weighted by Gasteiger charge is -2.09. The van der Waals surface area contributed by atoms with E-state index in [-0.39, 0.29) is 4.90 Å². The second kappa shape index (κ2) is 4.43. The molecule has 1 atom stereocenters. The number of aliphatic carboxylic acids is 1. The highest BCUT2D eigenvalue weighted by Gasteiger charge is 2.23. The molecule has 1 aromatic carbocycles. The number of benzene rings is 1. The normalized spacial score (nSPS) is 13.6. The molecule has 0 radical (unpaired) electrons. The van der Waals surface area contributed by atoms with Crippen LogP contribution in [0.2, 0.25) is 0 Å². The summed E-state index contributed by atoms with van der Waals surface area (Å²) < 4.78 is 26.2. The Balaban J connectivity index is 2.44. The highest BCUT2D eigenvalue weighted by Crippen LogP contribution is 2.22. The molecule has 0 amide bonds. The fourth-order valence-corrected chi connectivity index (χ4v) is 2.99. The van der Waals surface area contributed by atoms with Crippen LogP contribution in [0.5, 0.6) is 0 Å². The maximum absolute atomic E-state index is 12.0. The molecule has 3 N–H and O–H groups in total. The molecule has 0 aliphatic heterocycles. The number of nitrogens with one attached hydrogen (secondary N) is 2. The molecule has 0 aliphatic rings. The first-order valence-corrected chi connectivity index (χ1v) is 6.71. The van der Waals surface area contributed by atoms with Crippen LogP contribution in [0.3, 0.4) is 0 Å². The van der Waals surface area contributed by atoms with Gasteiger partial charge in [-0.3, -0.25) is 4.79 Å². The van der Waals surface area contributed by atoms with Crippen molar-refractivity contribution in [3.8, 4) is 0 Å². The zero-order chi connectivity index (χ0) is 13.3. The average Bonchev–Trinajstić information content (AvgIpc) is 2.72. The van der Waals surface area contributed by atoms with Crippen LogP contribution in [0.4, 0.5) is 0 Å². The van der Waals surface area contributed by atoms with Gasteiger partial charge in [0.15, 0.2) is 0 Å². The summed E-state index contributed by atoms with van der Waals surface area (Å²) in [4.78, 5) is 13.6. The number of sulfonamides is 1. The number of para-hydroxylation sites is 1. The molecule has 96 valence electrons. The van der Waals surface area contributed by atoms with Crippen LogP contribution in [0.15, 0.2) is 35.4 Å². The number of hydrogen-bond donors (Lipinski definition) is 3. The number of carbonyl (C=O) groups is 1. The first-order valence-electron chi connectivity index (χ1n) is 5.23. The van der Waals surface area contributed by atoms with Crippen molar-refractivity contribution >= 4 is 26.9 Å². The third-order valence-corrected chi connectivity index (χ3v) is 4.12. The largest absolute Gasteiger partial charge is 0.480 e. The molecule has 0 saturated carbocycles. The Morgan fingerprint density at radius 2 is 2.06 bits per heavy atom. The van der Waals surface area contributed by atoms with E-state index in [2.05, 4.69) is 9.71 Å². The summed E-state index contributed by atoms with van der Waals surface area (Å²) in [7, 11) is -3.85. The number of aromatic nitrogens is 1. The van der Waals surface area contributed by atoms with Crippen LogP contribution < -0.4 is 4.72 Å². The van der Waals surface area contributed by atoms with Gasteiger partial charge < -0.3 is 10.1 Å². The van der Waals surface area contributed by atoms with E-state index in [1.54, 1.807) is 24.3 Å². The predicted molar refractivity (Wildman–Crippen MR) is 65.7 cm³/mol. The van der Waals surface area contributed by atoms with E-state index in [1.165, 1.54) is 13.1 Å². The van der Waals surface area contributed by atoms with Crippen molar-refractivity contribution in [3.05, 3.63) is 30.5 Å². The molecule has 0 saturated heterocycles. The minimum atomic E-state index is -3.85. The number of H-pyrrole nitrogens is 1. The van der Waals surface area contributed by atoms with Crippen LogP contribution in [-0.2, 0) is 14.8 Å². The quantitative estimate of drug-likeness (QED) is 0.767. The maximum atomic E-state index is 12.0. The van der Waals surface area contributed by atoms with Gasteiger partial charge in [-0.25, -0.2) is 8.42 Å². The van der Waals surface area contributed by atoms with Gasteiger partial charge in [-0.2, -0.15) is 4.72 Å². The number of aromatic amines is 1. The van der Waals surface area contributed by atoms with Gasteiger partial charge in [-0.15, -0.1) is 0 Å². The molecule has 7 heteroatoms. The Bertz CT molecular complexity index is 690. The molecule has 1 heterocycles. The third kappa shape index (κ3) is 2.22. The molecular formula is C11H12N2O4S. The summed E-state index contributed by atoms with van der Waals surface area (Å²) >= 11 is 0. The number of carboxylic acids is 1. The van der Waals surface area contributed by atoms with Gasteiger partial charge in [0, 0.05) is 17.1 Å². The summed E-state index contributed by atoms with van der Waals surface area (Å²) in [5, 5.41) is 9.25. The fourth-order valence-electron chi connectivity index (χ4n) is 1.61. The van der Waals surface area contributed by atoms with Gasteiger partial charge in [0.2, 0.25) is 10.0 Å². The van der Waals surface area contributed by atoms with Crippen LogP contribution in [0, 0.1) is 0 Å². The van der Waals surface area contributed by atoms with Gasteiger partial charge in [0.25, 0.3) is 0 Å². The first kappa shape index (κ1) is 12.6. The highest BCUT2D eigenvalue weighted by molar-refractivity contribution is 7.89. The monoisotopic (exact) mass is 268 g/mol. The molecule has 1 unspecified atom stereocenters. The lowest BCUT2D eigenvalue weighted by atomic mass is 10.2. The Kier molecular flexibility index (Phi) is 3.10. The van der Waals surface area contributed by atoms with Gasteiger partial charge in [0.05, 0.1) is 0 Å². The molecule has 6 nitrogen and oxygen atoms in total. The SMILES string of the molecule is CC(NS(=O)(=O)c1c[nH]c2ccccc12)C(=O)O. The maximum Gasteiger partial charge on any atom is 0.321 e. The van der Waals surface area contributed by atoms with Crippen LogP contribution >= 0.6 is 0 Å². The summed E-state index contributed by atoms with van der Waals surface area (Å²) in [6.45, 7) is 1.27. The van der Waals surface area contributed by atoms with E-state index in [0.717, 1.165) is 0 Å². The Morgan fingerprint density at radius 1 is 1.39 bits per heavy atom. The number of carboxylic acid groups (broad SMARTS) is 1. The molecule has 18 heavy (non-hydrogen) atoms. The van der Waals surface area contributed by atoms with E-state index < -0.39 is 22.0 Å². The first-order chi connectivity index (χ1) is 8.42. The minimum absolute atomic E-state index is 0.0474. The Hall–Kier alpha value is -1.86. The van der Waals surface area contributed by atoms with E-state index >= 15 is 0 Å². The number of fused-ring (bicyclic) bond motifs is 1.